The summed E-state index contributed by atoms with van der Waals surface area (Å²) in [5.41, 5.74) is 3.21. The van der Waals surface area contributed by atoms with Crippen molar-refractivity contribution in [2.75, 3.05) is 7.11 Å². The summed E-state index contributed by atoms with van der Waals surface area (Å²) in [4.78, 5) is -0.00653. The van der Waals surface area contributed by atoms with Gasteiger partial charge in [0.25, 0.3) is 0 Å². The molecule has 18 heavy (non-hydrogen) atoms. The summed E-state index contributed by atoms with van der Waals surface area (Å²) in [6.45, 7) is 2.04. The van der Waals surface area contributed by atoms with Crippen LogP contribution in [0.1, 0.15) is 21.5 Å². The highest BCUT2D eigenvalue weighted by Gasteiger charge is 2.15. The third-order valence-corrected chi connectivity index (χ3v) is 3.84. The zero-order valence-corrected chi connectivity index (χ0v) is 11.9. The smallest absolute Gasteiger partial charge is 0.123 e. The lowest BCUT2D eigenvalue weighted by atomic mass is 10.0. The average Bonchev–Trinajstić information content (AvgIpc) is 2.39. The van der Waals surface area contributed by atoms with Crippen molar-refractivity contribution in [1.82, 2.24) is 0 Å². The molecule has 0 heterocycles. The first-order chi connectivity index (χ1) is 8.61. The molecular formula is C15H14BrFO. The van der Waals surface area contributed by atoms with Crippen LogP contribution in [-0.4, -0.2) is 7.11 Å². The first kappa shape index (κ1) is 13.1. The summed E-state index contributed by atoms with van der Waals surface area (Å²) in [6, 6.07) is 12.5. The highest BCUT2D eigenvalue weighted by Crippen LogP contribution is 2.36. The van der Waals surface area contributed by atoms with Gasteiger partial charge in [0.2, 0.25) is 0 Å². The fourth-order valence-corrected chi connectivity index (χ4v) is 2.53. The monoisotopic (exact) mass is 308 g/mol. The number of hydrogen-bond donors (Lipinski definition) is 0. The van der Waals surface area contributed by atoms with E-state index in [0.717, 1.165) is 22.4 Å². The number of rotatable bonds is 3. The van der Waals surface area contributed by atoms with Crippen LogP contribution in [0.15, 0.2) is 42.5 Å². The Morgan fingerprint density at radius 3 is 2.39 bits per heavy atom. The highest BCUT2D eigenvalue weighted by atomic mass is 79.9. The van der Waals surface area contributed by atoms with Crippen molar-refractivity contribution < 1.29 is 9.13 Å². The van der Waals surface area contributed by atoms with Crippen LogP contribution in [0.3, 0.4) is 0 Å². The molecule has 0 bridgehead atoms. The Labute approximate surface area is 115 Å². The fourth-order valence-electron chi connectivity index (χ4n) is 1.86. The van der Waals surface area contributed by atoms with Crippen molar-refractivity contribution in [2.45, 2.75) is 11.8 Å². The van der Waals surface area contributed by atoms with E-state index in [1.807, 2.05) is 19.1 Å². The second-order valence-corrected chi connectivity index (χ2v) is 5.08. The average molecular weight is 309 g/mol. The SMILES string of the molecule is COc1ccc(C)cc1C(Br)c1ccc(F)cc1. The zero-order chi connectivity index (χ0) is 13.1. The van der Waals surface area contributed by atoms with Crippen LogP contribution in [0.5, 0.6) is 5.75 Å². The standard InChI is InChI=1S/C15H14BrFO/c1-10-3-8-14(18-2)13(9-10)15(16)11-4-6-12(17)7-5-11/h3-9,15H,1-2H3. The van der Waals surface area contributed by atoms with Gasteiger partial charge >= 0.3 is 0 Å². The number of halogens is 2. The molecule has 0 saturated heterocycles. The number of ether oxygens (including phenoxy) is 1. The van der Waals surface area contributed by atoms with Gasteiger partial charge in [0.1, 0.15) is 11.6 Å². The van der Waals surface area contributed by atoms with Gasteiger partial charge in [-0.15, -0.1) is 0 Å². The minimum atomic E-state index is -0.227. The normalized spacial score (nSPS) is 12.2. The molecule has 0 saturated carbocycles. The Kier molecular flexibility index (Phi) is 4.02. The lowest BCUT2D eigenvalue weighted by molar-refractivity contribution is 0.410. The Morgan fingerprint density at radius 1 is 1.11 bits per heavy atom. The summed E-state index contributed by atoms with van der Waals surface area (Å²) in [6.07, 6.45) is 0. The molecular weight excluding hydrogens is 295 g/mol. The van der Waals surface area contributed by atoms with E-state index in [1.165, 1.54) is 12.1 Å². The third kappa shape index (κ3) is 2.72. The van der Waals surface area contributed by atoms with Crippen LogP contribution in [0.25, 0.3) is 0 Å². The third-order valence-electron chi connectivity index (χ3n) is 2.82. The molecule has 3 heteroatoms. The van der Waals surface area contributed by atoms with Crippen LogP contribution in [0.2, 0.25) is 0 Å². The molecule has 0 fully saturated rings. The molecule has 2 aromatic carbocycles. The van der Waals surface area contributed by atoms with E-state index in [9.17, 15) is 4.39 Å². The maximum absolute atomic E-state index is 12.9. The first-order valence-corrected chi connectivity index (χ1v) is 6.57. The summed E-state index contributed by atoms with van der Waals surface area (Å²) < 4.78 is 18.3. The van der Waals surface area contributed by atoms with Gasteiger partial charge in [0.15, 0.2) is 0 Å². The van der Waals surface area contributed by atoms with E-state index in [2.05, 4.69) is 22.0 Å². The largest absolute Gasteiger partial charge is 0.496 e. The molecule has 0 N–H and O–H groups in total. The van der Waals surface area contributed by atoms with Gasteiger partial charge in [0, 0.05) is 5.56 Å². The van der Waals surface area contributed by atoms with Gasteiger partial charge in [-0.1, -0.05) is 45.8 Å². The van der Waals surface area contributed by atoms with Crippen molar-refractivity contribution in [3.05, 3.63) is 65.0 Å². The molecule has 0 aliphatic carbocycles. The van der Waals surface area contributed by atoms with E-state index >= 15 is 0 Å². The summed E-state index contributed by atoms with van der Waals surface area (Å²) in [7, 11) is 1.65. The number of alkyl halides is 1. The van der Waals surface area contributed by atoms with Gasteiger partial charge < -0.3 is 4.74 Å². The van der Waals surface area contributed by atoms with Crippen molar-refractivity contribution in [3.8, 4) is 5.75 Å². The first-order valence-electron chi connectivity index (χ1n) is 5.66. The molecule has 0 spiro atoms. The maximum atomic E-state index is 12.9. The van der Waals surface area contributed by atoms with Gasteiger partial charge in [-0.05, 0) is 30.7 Å². The van der Waals surface area contributed by atoms with Crippen molar-refractivity contribution in [1.29, 1.82) is 0 Å². The number of hydrogen-bond acceptors (Lipinski definition) is 1. The Hall–Kier alpha value is -1.35. The quantitative estimate of drug-likeness (QED) is 0.751. The van der Waals surface area contributed by atoms with Crippen LogP contribution in [0.4, 0.5) is 4.39 Å². The molecule has 1 unspecified atom stereocenters. The zero-order valence-electron chi connectivity index (χ0n) is 10.3. The highest BCUT2D eigenvalue weighted by molar-refractivity contribution is 9.09. The maximum Gasteiger partial charge on any atom is 0.123 e. The van der Waals surface area contributed by atoms with Gasteiger partial charge in [-0.2, -0.15) is 0 Å². The molecule has 0 aliphatic heterocycles. The number of aryl methyl sites for hydroxylation is 1. The van der Waals surface area contributed by atoms with E-state index in [-0.39, 0.29) is 10.6 Å². The molecule has 0 amide bonds. The van der Waals surface area contributed by atoms with Crippen LogP contribution in [0, 0.1) is 12.7 Å². The fraction of sp³-hybridized carbons (Fsp3) is 0.200. The lowest BCUT2D eigenvalue weighted by Gasteiger charge is -2.15. The van der Waals surface area contributed by atoms with E-state index in [4.69, 9.17) is 4.74 Å². The molecule has 94 valence electrons. The molecule has 1 nitrogen and oxygen atoms in total. The van der Waals surface area contributed by atoms with E-state index in [0.29, 0.717) is 0 Å². The minimum absolute atomic E-state index is 0.00653. The van der Waals surface area contributed by atoms with Crippen LogP contribution in [-0.2, 0) is 0 Å². The second-order valence-electron chi connectivity index (χ2n) is 4.16. The van der Waals surface area contributed by atoms with Gasteiger partial charge in [0.05, 0.1) is 11.9 Å². The van der Waals surface area contributed by atoms with E-state index in [1.54, 1.807) is 19.2 Å². The molecule has 0 radical (unpaired) electrons. The summed E-state index contributed by atoms with van der Waals surface area (Å²) in [5, 5.41) is 0. The minimum Gasteiger partial charge on any atom is -0.496 e. The van der Waals surface area contributed by atoms with Crippen molar-refractivity contribution in [3.63, 3.8) is 0 Å². The van der Waals surface area contributed by atoms with Crippen LogP contribution < -0.4 is 4.74 Å². The Morgan fingerprint density at radius 2 is 1.78 bits per heavy atom. The predicted octanol–water partition coefficient (Wildman–Crippen LogP) is 4.63. The van der Waals surface area contributed by atoms with Crippen LogP contribution >= 0.6 is 15.9 Å². The number of benzene rings is 2. The summed E-state index contributed by atoms with van der Waals surface area (Å²) in [5.74, 6) is 0.599. The van der Waals surface area contributed by atoms with Crippen molar-refractivity contribution >= 4 is 15.9 Å². The molecule has 0 aliphatic rings. The molecule has 2 rings (SSSR count). The Balaban J connectivity index is 2.41. The second kappa shape index (κ2) is 5.53. The van der Waals surface area contributed by atoms with Gasteiger partial charge in [-0.3, -0.25) is 0 Å². The Bertz CT molecular complexity index is 537. The molecule has 1 atom stereocenters. The predicted molar refractivity (Wildman–Crippen MR) is 74.9 cm³/mol. The summed E-state index contributed by atoms with van der Waals surface area (Å²) >= 11 is 3.64. The molecule has 0 aromatic heterocycles. The molecule has 2 aromatic rings. The van der Waals surface area contributed by atoms with E-state index < -0.39 is 0 Å². The number of methoxy groups -OCH3 is 1. The lowest BCUT2D eigenvalue weighted by Crippen LogP contribution is -1.98. The topological polar surface area (TPSA) is 9.23 Å². The van der Waals surface area contributed by atoms with Crippen molar-refractivity contribution in [2.24, 2.45) is 0 Å². The van der Waals surface area contributed by atoms with Gasteiger partial charge in [-0.25, -0.2) is 4.39 Å².